The van der Waals surface area contributed by atoms with Crippen molar-refractivity contribution < 1.29 is 19.6 Å². The zero-order chi connectivity index (χ0) is 17.0. The summed E-state index contributed by atoms with van der Waals surface area (Å²) in [5.74, 6) is -1.20. The van der Waals surface area contributed by atoms with Crippen molar-refractivity contribution in [2.45, 2.75) is 29.9 Å². The minimum Gasteiger partial charge on any atom is -0.481 e. The summed E-state index contributed by atoms with van der Waals surface area (Å²) in [5, 5.41) is 19.3. The van der Waals surface area contributed by atoms with Crippen LogP contribution in [-0.4, -0.2) is 45.1 Å². The molecule has 0 spiro atoms. The predicted octanol–water partition coefficient (Wildman–Crippen LogP) is 2.40. The number of hydrogen-bond acceptors (Lipinski definition) is 5. The van der Waals surface area contributed by atoms with Crippen molar-refractivity contribution in [1.29, 1.82) is 0 Å². The summed E-state index contributed by atoms with van der Waals surface area (Å²) >= 11 is 1.34. The van der Waals surface area contributed by atoms with E-state index in [0.29, 0.717) is 25.9 Å². The number of nitro groups is 1. The Labute approximate surface area is 137 Å². The molecule has 1 heterocycles. The number of nitro benzene ring substituents is 1. The highest BCUT2D eigenvalue weighted by atomic mass is 32.2. The quantitative estimate of drug-likeness (QED) is 0.502. The Morgan fingerprint density at radius 1 is 1.30 bits per heavy atom. The Bertz CT molecular complexity index is 596. The number of likely N-dealkylation sites (tertiary alicyclic amines) is 1. The first-order chi connectivity index (χ1) is 10.9. The number of nitrogens with zero attached hydrogens (tertiary/aromatic N) is 2. The highest BCUT2D eigenvalue weighted by molar-refractivity contribution is 8.00. The Morgan fingerprint density at radius 3 is 2.35 bits per heavy atom. The van der Waals surface area contributed by atoms with E-state index < -0.39 is 10.9 Å². The van der Waals surface area contributed by atoms with Crippen LogP contribution in [0.2, 0.25) is 0 Å². The van der Waals surface area contributed by atoms with Gasteiger partial charge < -0.3 is 10.0 Å². The molecule has 0 aromatic heterocycles. The lowest BCUT2D eigenvalue weighted by Crippen LogP contribution is -2.43. The van der Waals surface area contributed by atoms with Crippen molar-refractivity contribution in [1.82, 2.24) is 4.90 Å². The van der Waals surface area contributed by atoms with Crippen molar-refractivity contribution in [3.8, 4) is 0 Å². The van der Waals surface area contributed by atoms with Crippen LogP contribution in [0.4, 0.5) is 5.69 Å². The minimum absolute atomic E-state index is 0.0177. The number of carbonyl (C=O) groups is 2. The lowest BCUT2D eigenvalue weighted by molar-refractivity contribution is -0.384. The van der Waals surface area contributed by atoms with Gasteiger partial charge >= 0.3 is 5.97 Å². The molecule has 1 atom stereocenters. The minimum atomic E-state index is -0.801. The lowest BCUT2D eigenvalue weighted by atomic mass is 9.97. The van der Waals surface area contributed by atoms with Crippen molar-refractivity contribution in [3.05, 3.63) is 34.4 Å². The van der Waals surface area contributed by atoms with Gasteiger partial charge in [-0.15, -0.1) is 11.8 Å². The van der Waals surface area contributed by atoms with Crippen LogP contribution in [0.25, 0.3) is 0 Å². The van der Waals surface area contributed by atoms with Crippen LogP contribution in [0.1, 0.15) is 19.8 Å². The van der Waals surface area contributed by atoms with Crippen LogP contribution in [0.5, 0.6) is 0 Å². The van der Waals surface area contributed by atoms with Crippen LogP contribution in [0, 0.1) is 16.0 Å². The van der Waals surface area contributed by atoms with Gasteiger partial charge in [-0.2, -0.15) is 0 Å². The van der Waals surface area contributed by atoms with E-state index in [9.17, 15) is 19.7 Å². The van der Waals surface area contributed by atoms with E-state index in [4.69, 9.17) is 5.11 Å². The number of aliphatic carboxylic acids is 1. The van der Waals surface area contributed by atoms with Crippen LogP contribution >= 0.6 is 11.8 Å². The van der Waals surface area contributed by atoms with Gasteiger partial charge in [0.15, 0.2) is 0 Å². The van der Waals surface area contributed by atoms with Gasteiger partial charge in [-0.1, -0.05) is 0 Å². The molecule has 1 aromatic rings. The first kappa shape index (κ1) is 17.3. The second-order valence-electron chi connectivity index (χ2n) is 5.45. The SMILES string of the molecule is CC(Sc1ccc([N+](=O)[O-])cc1)C(=O)N1CCC(C(=O)O)CC1. The van der Waals surface area contributed by atoms with Gasteiger partial charge in [-0.25, -0.2) is 0 Å². The second kappa shape index (κ2) is 7.45. The van der Waals surface area contributed by atoms with Crippen molar-refractivity contribution in [3.63, 3.8) is 0 Å². The van der Waals surface area contributed by atoms with Gasteiger partial charge in [0.2, 0.25) is 5.91 Å². The molecule has 0 saturated carbocycles. The number of piperidine rings is 1. The fourth-order valence-corrected chi connectivity index (χ4v) is 3.46. The Hall–Kier alpha value is -2.09. The molecule has 7 nitrogen and oxygen atoms in total. The zero-order valence-electron chi connectivity index (χ0n) is 12.7. The maximum absolute atomic E-state index is 12.4. The lowest BCUT2D eigenvalue weighted by Gasteiger charge is -2.31. The normalized spacial score (nSPS) is 16.8. The molecule has 124 valence electrons. The average Bonchev–Trinajstić information content (AvgIpc) is 2.54. The van der Waals surface area contributed by atoms with Gasteiger partial charge in [0.1, 0.15) is 0 Å². The fraction of sp³-hybridized carbons (Fsp3) is 0.467. The number of carboxylic acids is 1. The molecule has 23 heavy (non-hydrogen) atoms. The molecule has 1 aliphatic heterocycles. The molecule has 1 aliphatic rings. The number of hydrogen-bond donors (Lipinski definition) is 1. The number of non-ortho nitro benzene ring substituents is 1. The van der Waals surface area contributed by atoms with Crippen LogP contribution < -0.4 is 0 Å². The molecule has 1 unspecified atom stereocenters. The molecule has 8 heteroatoms. The molecule has 1 amide bonds. The van der Waals surface area contributed by atoms with Crippen LogP contribution in [0.3, 0.4) is 0 Å². The third-order valence-corrected chi connectivity index (χ3v) is 4.96. The second-order valence-corrected chi connectivity index (χ2v) is 6.86. The Morgan fingerprint density at radius 2 is 1.87 bits per heavy atom. The van der Waals surface area contributed by atoms with Crippen LogP contribution in [-0.2, 0) is 9.59 Å². The molecule has 1 aromatic carbocycles. The summed E-state index contributed by atoms with van der Waals surface area (Å²) in [7, 11) is 0. The number of carbonyl (C=O) groups excluding carboxylic acids is 1. The molecule has 1 saturated heterocycles. The zero-order valence-corrected chi connectivity index (χ0v) is 13.5. The van der Waals surface area contributed by atoms with Gasteiger partial charge in [-0.3, -0.25) is 19.7 Å². The first-order valence-electron chi connectivity index (χ1n) is 7.31. The molecule has 0 bridgehead atoms. The van der Waals surface area contributed by atoms with Gasteiger partial charge in [0.25, 0.3) is 5.69 Å². The standard InChI is InChI=1S/C15H18N2O5S/c1-10(23-13-4-2-12(3-5-13)17(21)22)14(18)16-8-6-11(7-9-16)15(19)20/h2-5,10-11H,6-9H2,1H3,(H,19,20). The summed E-state index contributed by atoms with van der Waals surface area (Å²) in [6.07, 6.45) is 0.964. The third-order valence-electron chi connectivity index (χ3n) is 3.86. The average molecular weight is 338 g/mol. The van der Waals surface area contributed by atoms with Crippen molar-refractivity contribution in [2.24, 2.45) is 5.92 Å². The molecule has 0 radical (unpaired) electrons. The van der Waals surface area contributed by atoms with E-state index >= 15 is 0 Å². The molecule has 1 N–H and O–H groups in total. The summed E-state index contributed by atoms with van der Waals surface area (Å²) in [5.41, 5.74) is 0.0177. The predicted molar refractivity (Wildman–Crippen MR) is 85.4 cm³/mol. The van der Waals surface area contributed by atoms with E-state index in [0.717, 1.165) is 4.90 Å². The maximum Gasteiger partial charge on any atom is 0.306 e. The molecule has 0 aliphatic carbocycles. The van der Waals surface area contributed by atoms with Crippen molar-refractivity contribution in [2.75, 3.05) is 13.1 Å². The smallest absolute Gasteiger partial charge is 0.306 e. The van der Waals surface area contributed by atoms with E-state index in [1.807, 2.05) is 0 Å². The van der Waals surface area contributed by atoms with Gasteiger partial charge in [-0.05, 0) is 31.9 Å². The summed E-state index contributed by atoms with van der Waals surface area (Å²) in [4.78, 5) is 36.0. The van der Waals surface area contributed by atoms with E-state index in [1.54, 1.807) is 24.0 Å². The monoisotopic (exact) mass is 338 g/mol. The Balaban J connectivity index is 1.90. The third kappa shape index (κ3) is 4.44. The van der Waals surface area contributed by atoms with Crippen molar-refractivity contribution >= 4 is 29.3 Å². The molecular formula is C15H18N2O5S. The van der Waals surface area contributed by atoms with Gasteiger partial charge in [0, 0.05) is 30.1 Å². The molecular weight excluding hydrogens is 320 g/mol. The largest absolute Gasteiger partial charge is 0.481 e. The number of rotatable bonds is 5. The van der Waals surface area contributed by atoms with E-state index in [-0.39, 0.29) is 22.8 Å². The maximum atomic E-state index is 12.4. The van der Waals surface area contributed by atoms with E-state index in [1.165, 1.54) is 23.9 Å². The topological polar surface area (TPSA) is 101 Å². The Kier molecular flexibility index (Phi) is 5.59. The summed E-state index contributed by atoms with van der Waals surface area (Å²) < 4.78 is 0. The first-order valence-corrected chi connectivity index (χ1v) is 8.19. The van der Waals surface area contributed by atoms with E-state index in [2.05, 4.69) is 0 Å². The highest BCUT2D eigenvalue weighted by Crippen LogP contribution is 2.27. The summed E-state index contributed by atoms with van der Waals surface area (Å²) in [6.45, 7) is 2.71. The summed E-state index contributed by atoms with van der Waals surface area (Å²) in [6, 6.07) is 6.09. The van der Waals surface area contributed by atoms with Crippen LogP contribution in [0.15, 0.2) is 29.2 Å². The number of amides is 1. The number of carboxylic acid groups (broad SMARTS) is 1. The van der Waals surface area contributed by atoms with Gasteiger partial charge in [0.05, 0.1) is 16.1 Å². The number of benzene rings is 1. The highest BCUT2D eigenvalue weighted by Gasteiger charge is 2.29. The number of thioether (sulfide) groups is 1. The fourth-order valence-electron chi connectivity index (χ4n) is 2.50. The molecule has 2 rings (SSSR count). The molecule has 1 fully saturated rings.